The number of hydrogen-bond acceptors (Lipinski definition) is 4. The van der Waals surface area contributed by atoms with Crippen LogP contribution in [0, 0.1) is 5.82 Å². The zero-order chi connectivity index (χ0) is 10.3. The van der Waals surface area contributed by atoms with Crippen LogP contribution in [0.1, 0.15) is 0 Å². The number of fused-ring (bicyclic) bond motifs is 1. The van der Waals surface area contributed by atoms with Gasteiger partial charge in [0.2, 0.25) is 0 Å². The van der Waals surface area contributed by atoms with Crippen molar-refractivity contribution in [2.75, 3.05) is 5.73 Å². The summed E-state index contributed by atoms with van der Waals surface area (Å²) in [7, 11) is 0. The van der Waals surface area contributed by atoms with E-state index in [1.807, 2.05) is 0 Å². The van der Waals surface area contributed by atoms with Crippen molar-refractivity contribution in [2.24, 2.45) is 0 Å². The SMILES string of the molecule is Nc1c(O)c2cccc(F)c2oc1=O. The zero-order valence-electron chi connectivity index (χ0n) is 6.95. The summed E-state index contributed by atoms with van der Waals surface area (Å²) in [6.07, 6.45) is 0. The Bertz CT molecular complexity index is 562. The van der Waals surface area contributed by atoms with Gasteiger partial charge in [0.15, 0.2) is 22.8 Å². The second-order valence-electron chi connectivity index (χ2n) is 2.77. The molecule has 14 heavy (non-hydrogen) atoms. The normalized spacial score (nSPS) is 10.6. The van der Waals surface area contributed by atoms with Crippen molar-refractivity contribution in [3.05, 3.63) is 34.4 Å². The molecule has 2 rings (SSSR count). The first-order valence-corrected chi connectivity index (χ1v) is 3.81. The Labute approximate surface area is 77.4 Å². The minimum absolute atomic E-state index is 0.0853. The maximum Gasteiger partial charge on any atom is 0.363 e. The summed E-state index contributed by atoms with van der Waals surface area (Å²) in [5.41, 5.74) is 3.57. The Kier molecular flexibility index (Phi) is 1.67. The van der Waals surface area contributed by atoms with Crippen molar-refractivity contribution in [1.29, 1.82) is 0 Å². The number of nitrogens with two attached hydrogens (primary N) is 1. The molecule has 0 radical (unpaired) electrons. The lowest BCUT2D eigenvalue weighted by molar-refractivity contribution is 0.467. The molecule has 3 N–H and O–H groups in total. The first kappa shape index (κ1) is 8.55. The van der Waals surface area contributed by atoms with Crippen LogP contribution in [0.15, 0.2) is 27.4 Å². The zero-order valence-corrected chi connectivity index (χ0v) is 6.95. The average Bonchev–Trinajstić information content (AvgIpc) is 2.17. The van der Waals surface area contributed by atoms with Crippen LogP contribution in [-0.2, 0) is 0 Å². The Morgan fingerprint density at radius 1 is 1.43 bits per heavy atom. The number of rotatable bonds is 0. The summed E-state index contributed by atoms with van der Waals surface area (Å²) in [5, 5.41) is 9.50. The van der Waals surface area contributed by atoms with Crippen LogP contribution in [0.25, 0.3) is 11.0 Å². The Morgan fingerprint density at radius 3 is 2.86 bits per heavy atom. The van der Waals surface area contributed by atoms with Crippen molar-refractivity contribution >= 4 is 16.7 Å². The number of nitrogen functional groups attached to an aromatic ring is 1. The summed E-state index contributed by atoms with van der Waals surface area (Å²) in [5.74, 6) is -1.16. The third kappa shape index (κ3) is 1.02. The third-order valence-electron chi connectivity index (χ3n) is 1.89. The van der Waals surface area contributed by atoms with Crippen molar-refractivity contribution < 1.29 is 13.9 Å². The number of para-hydroxylation sites is 1. The molecule has 72 valence electrons. The molecule has 4 nitrogen and oxygen atoms in total. The average molecular weight is 195 g/mol. The van der Waals surface area contributed by atoms with E-state index in [-0.39, 0.29) is 11.0 Å². The smallest absolute Gasteiger partial charge is 0.363 e. The highest BCUT2D eigenvalue weighted by atomic mass is 19.1. The molecular weight excluding hydrogens is 189 g/mol. The molecule has 1 aromatic carbocycles. The lowest BCUT2D eigenvalue weighted by atomic mass is 10.2. The molecule has 1 heterocycles. The largest absolute Gasteiger partial charge is 0.505 e. The van der Waals surface area contributed by atoms with Crippen molar-refractivity contribution in [3.8, 4) is 5.75 Å². The standard InChI is InChI=1S/C9H6FNO3/c10-5-3-1-2-4-7(12)6(11)9(13)14-8(4)5/h1-3,12H,11H2. The van der Waals surface area contributed by atoms with Gasteiger partial charge in [-0.25, -0.2) is 9.18 Å². The molecule has 0 fully saturated rings. The molecule has 0 unspecified atom stereocenters. The Morgan fingerprint density at radius 2 is 2.14 bits per heavy atom. The van der Waals surface area contributed by atoms with E-state index in [0.29, 0.717) is 0 Å². The quantitative estimate of drug-likeness (QED) is 0.619. The summed E-state index contributed by atoms with van der Waals surface area (Å²) >= 11 is 0. The van der Waals surface area contributed by atoms with Gasteiger partial charge in [0.05, 0.1) is 5.39 Å². The minimum atomic E-state index is -0.944. The molecule has 5 heteroatoms. The first-order chi connectivity index (χ1) is 6.61. The summed E-state index contributed by atoms with van der Waals surface area (Å²) in [6.45, 7) is 0. The van der Waals surface area contributed by atoms with E-state index in [0.717, 1.165) is 6.07 Å². The Hall–Kier alpha value is -2.04. The number of anilines is 1. The van der Waals surface area contributed by atoms with Gasteiger partial charge in [-0.05, 0) is 12.1 Å². The van der Waals surface area contributed by atoms with Crippen LogP contribution in [0.5, 0.6) is 5.75 Å². The van der Waals surface area contributed by atoms with E-state index in [1.165, 1.54) is 12.1 Å². The van der Waals surface area contributed by atoms with Crippen molar-refractivity contribution in [1.82, 2.24) is 0 Å². The summed E-state index contributed by atoms with van der Waals surface area (Å²) < 4.78 is 17.7. The van der Waals surface area contributed by atoms with Gasteiger partial charge in [0.25, 0.3) is 0 Å². The third-order valence-corrected chi connectivity index (χ3v) is 1.89. The molecule has 0 saturated heterocycles. The van der Waals surface area contributed by atoms with Gasteiger partial charge in [-0.2, -0.15) is 0 Å². The van der Waals surface area contributed by atoms with Crippen molar-refractivity contribution in [3.63, 3.8) is 0 Å². The van der Waals surface area contributed by atoms with Gasteiger partial charge in [0.1, 0.15) is 0 Å². The fraction of sp³-hybridized carbons (Fsp3) is 0. The van der Waals surface area contributed by atoms with Crippen LogP contribution in [0.2, 0.25) is 0 Å². The number of hydrogen-bond donors (Lipinski definition) is 2. The molecule has 0 aliphatic carbocycles. The molecule has 0 aliphatic heterocycles. The first-order valence-electron chi connectivity index (χ1n) is 3.81. The summed E-state index contributed by atoms with van der Waals surface area (Å²) in [4.78, 5) is 11.0. The molecule has 2 aromatic rings. The maximum absolute atomic E-state index is 13.1. The molecule has 0 amide bonds. The predicted molar refractivity (Wildman–Crippen MR) is 48.5 cm³/mol. The lowest BCUT2D eigenvalue weighted by Crippen LogP contribution is -2.06. The molecule has 0 saturated carbocycles. The minimum Gasteiger partial charge on any atom is -0.505 e. The second-order valence-corrected chi connectivity index (χ2v) is 2.77. The lowest BCUT2D eigenvalue weighted by Gasteiger charge is -2.01. The second kappa shape index (κ2) is 2.73. The predicted octanol–water partition coefficient (Wildman–Crippen LogP) is 1.22. The monoisotopic (exact) mass is 195 g/mol. The maximum atomic E-state index is 13.1. The molecule has 0 spiro atoms. The highest BCUT2D eigenvalue weighted by Gasteiger charge is 2.12. The van der Waals surface area contributed by atoms with Crippen molar-refractivity contribution in [2.45, 2.75) is 0 Å². The van der Waals surface area contributed by atoms with E-state index in [2.05, 4.69) is 4.42 Å². The highest BCUT2D eigenvalue weighted by molar-refractivity contribution is 5.87. The van der Waals surface area contributed by atoms with Gasteiger partial charge in [0, 0.05) is 0 Å². The van der Waals surface area contributed by atoms with E-state index in [9.17, 15) is 14.3 Å². The van der Waals surface area contributed by atoms with Crippen LogP contribution in [0.4, 0.5) is 10.1 Å². The van der Waals surface area contributed by atoms with E-state index < -0.39 is 22.9 Å². The topological polar surface area (TPSA) is 76.5 Å². The Balaban J connectivity index is 3.06. The fourth-order valence-electron chi connectivity index (χ4n) is 1.19. The van der Waals surface area contributed by atoms with Gasteiger partial charge in [-0.15, -0.1) is 0 Å². The number of benzene rings is 1. The molecular formula is C9H6FNO3. The fourth-order valence-corrected chi connectivity index (χ4v) is 1.19. The molecule has 0 bridgehead atoms. The van der Waals surface area contributed by atoms with E-state index in [4.69, 9.17) is 5.73 Å². The van der Waals surface area contributed by atoms with Crippen LogP contribution >= 0.6 is 0 Å². The van der Waals surface area contributed by atoms with E-state index in [1.54, 1.807) is 0 Å². The molecule has 0 aliphatic rings. The van der Waals surface area contributed by atoms with Gasteiger partial charge >= 0.3 is 5.63 Å². The van der Waals surface area contributed by atoms with Gasteiger partial charge < -0.3 is 15.3 Å². The number of halogens is 1. The van der Waals surface area contributed by atoms with E-state index >= 15 is 0 Å². The van der Waals surface area contributed by atoms with Gasteiger partial charge in [-0.3, -0.25) is 0 Å². The van der Waals surface area contributed by atoms with Crippen LogP contribution in [0.3, 0.4) is 0 Å². The molecule has 1 aromatic heterocycles. The van der Waals surface area contributed by atoms with Crippen LogP contribution < -0.4 is 11.4 Å². The van der Waals surface area contributed by atoms with Gasteiger partial charge in [-0.1, -0.05) is 6.07 Å². The molecule has 0 atom stereocenters. The van der Waals surface area contributed by atoms with Crippen LogP contribution in [-0.4, -0.2) is 5.11 Å². The number of aromatic hydroxyl groups is 1. The highest BCUT2D eigenvalue weighted by Crippen LogP contribution is 2.28. The summed E-state index contributed by atoms with van der Waals surface area (Å²) in [6, 6.07) is 3.92.